The van der Waals surface area contributed by atoms with E-state index in [1.165, 1.54) is 5.98 Å². The van der Waals surface area contributed by atoms with E-state index in [-0.39, 0.29) is 5.48 Å². The Balaban J connectivity index is 0. The quantitative estimate of drug-likeness (QED) is 0.274. The van der Waals surface area contributed by atoms with Gasteiger partial charge in [-0.2, -0.15) is 0 Å². The van der Waals surface area contributed by atoms with Crippen LogP contribution < -0.4 is 0 Å². The molecule has 2 N–H and O–H groups in total. The molecule has 0 aliphatic rings. The first-order chi connectivity index (χ1) is 1.91. The van der Waals surface area contributed by atoms with Crippen LogP contribution in [-0.4, -0.2) is 13.3 Å². The third-order valence-electron chi connectivity index (χ3n) is 0.118. The van der Waals surface area contributed by atoms with E-state index in [9.17, 15) is 0 Å². The Kier molecular flexibility index (Phi) is 17.0. The van der Waals surface area contributed by atoms with Crippen molar-refractivity contribution in [2.24, 2.45) is 0 Å². The van der Waals surface area contributed by atoms with Crippen LogP contribution in [0.3, 0.4) is 0 Å². The van der Waals surface area contributed by atoms with Crippen molar-refractivity contribution in [2.75, 3.05) is 0 Å². The Labute approximate surface area is 32.7 Å². The van der Waals surface area contributed by atoms with Gasteiger partial charge in [-0.3, -0.25) is 0 Å². The minimum Gasteiger partial charge on any atom is -0.412 e. The first-order valence-electron chi connectivity index (χ1n) is 0.976. The van der Waals surface area contributed by atoms with Crippen molar-refractivity contribution in [3.8, 4) is 0 Å². The molecule has 5 heavy (non-hydrogen) atoms. The Morgan fingerprint density at radius 3 is 2.00 bits per heavy atom. The van der Waals surface area contributed by atoms with Crippen molar-refractivity contribution in [3.63, 3.8) is 0 Å². The summed E-state index contributed by atoms with van der Waals surface area (Å²) < 4.78 is 0. The second-order valence-electron chi connectivity index (χ2n) is 0.371. The molecule has 0 aliphatic heterocycles. The second kappa shape index (κ2) is 9.62. The van der Waals surface area contributed by atoms with Gasteiger partial charge in [-0.1, -0.05) is 12.6 Å². The molecule has 0 aliphatic carbocycles. The summed E-state index contributed by atoms with van der Waals surface area (Å²) >= 11 is 0. The highest BCUT2D eigenvalue weighted by atomic mass is 16.0. The fourth-order valence-electron chi connectivity index (χ4n) is 0. The van der Waals surface area contributed by atoms with Crippen LogP contribution in [0.4, 0.5) is 0 Å². The van der Waals surface area contributed by atoms with Gasteiger partial charge >= 0.3 is 0 Å². The first kappa shape index (κ1) is 8.82. The molecule has 1 nitrogen and oxygen atoms in total. The smallest absolute Gasteiger partial charge is 0.114 e. The van der Waals surface area contributed by atoms with Crippen LogP contribution in [0.1, 0.15) is 0 Å². The van der Waals surface area contributed by atoms with Gasteiger partial charge in [-0.25, -0.2) is 0 Å². The molecule has 0 heterocycles. The number of hydrogen-bond donors (Lipinski definition) is 0. The summed E-state index contributed by atoms with van der Waals surface area (Å²) in [6, 6.07) is 0. The molecule has 0 fully saturated rings. The zero-order chi connectivity index (χ0) is 3.41. The van der Waals surface area contributed by atoms with E-state index in [0.717, 1.165) is 0 Å². The summed E-state index contributed by atoms with van der Waals surface area (Å²) in [7, 11) is 4.73. The molecule has 0 saturated heterocycles. The van der Waals surface area contributed by atoms with Crippen molar-refractivity contribution in [1.29, 1.82) is 0 Å². The summed E-state index contributed by atoms with van der Waals surface area (Å²) in [5.74, 6) is 1.26. The lowest BCUT2D eigenvalue weighted by Gasteiger charge is -1.36. The summed E-state index contributed by atoms with van der Waals surface area (Å²) in [5, 5.41) is 0. The maximum Gasteiger partial charge on any atom is 0.114 e. The van der Waals surface area contributed by atoms with Gasteiger partial charge in [0.05, 0.1) is 0 Å². The Bertz CT molecular complexity index is 44.9. The van der Waals surface area contributed by atoms with Gasteiger partial charge in [-0.15, -0.1) is 5.73 Å². The first-order valence-corrected chi connectivity index (χ1v) is 0.976. The zero-order valence-corrected chi connectivity index (χ0v) is 2.86. The lowest BCUT2D eigenvalue weighted by molar-refractivity contribution is 0.824. The monoisotopic (exact) mass is 68.0 g/mol. The molecular weight excluding hydrogens is 62.8 g/mol. The Morgan fingerprint density at radius 2 is 2.00 bits per heavy atom. The third-order valence-corrected chi connectivity index (χ3v) is 0.118. The summed E-state index contributed by atoms with van der Waals surface area (Å²) in [6.07, 6.45) is 0. The SMILES string of the molecule is O.[B]C=C=C. The van der Waals surface area contributed by atoms with Gasteiger partial charge in [0.1, 0.15) is 7.85 Å². The van der Waals surface area contributed by atoms with Crippen LogP contribution in [0.2, 0.25) is 0 Å². The van der Waals surface area contributed by atoms with Gasteiger partial charge in [0, 0.05) is 0 Å². The van der Waals surface area contributed by atoms with Gasteiger partial charge in [0.25, 0.3) is 0 Å². The molecule has 2 heteroatoms. The molecule has 0 bridgehead atoms. The topological polar surface area (TPSA) is 31.5 Å². The molecule has 0 atom stereocenters. The fraction of sp³-hybridized carbons (Fsp3) is 0. The minimum atomic E-state index is 0. The van der Waals surface area contributed by atoms with Crippen LogP contribution in [0.25, 0.3) is 0 Å². The number of hydrogen-bond acceptors (Lipinski definition) is 0. The highest BCUT2D eigenvalue weighted by Gasteiger charge is 1.26. The summed E-state index contributed by atoms with van der Waals surface area (Å²) in [5.41, 5.74) is 2.33. The van der Waals surface area contributed by atoms with Crippen molar-refractivity contribution in [2.45, 2.75) is 0 Å². The molecule has 0 amide bonds. The largest absolute Gasteiger partial charge is 0.412 e. The molecule has 0 aromatic carbocycles. The molecule has 0 saturated carbocycles. The maximum atomic E-state index is 4.73. The van der Waals surface area contributed by atoms with E-state index in [0.29, 0.717) is 0 Å². The molecule has 2 radical (unpaired) electrons. The predicted octanol–water partition coefficient (Wildman–Crippen LogP) is -0.371. The third kappa shape index (κ3) is 28.5. The van der Waals surface area contributed by atoms with E-state index < -0.39 is 0 Å². The van der Waals surface area contributed by atoms with E-state index in [1.54, 1.807) is 0 Å². The van der Waals surface area contributed by atoms with Crippen LogP contribution >= 0.6 is 0 Å². The van der Waals surface area contributed by atoms with Crippen molar-refractivity contribution in [3.05, 3.63) is 18.3 Å². The van der Waals surface area contributed by atoms with E-state index in [4.69, 9.17) is 7.85 Å². The van der Waals surface area contributed by atoms with Crippen molar-refractivity contribution >= 4 is 7.85 Å². The van der Waals surface area contributed by atoms with Gasteiger partial charge in [0.2, 0.25) is 0 Å². The molecule has 26 valence electrons. The normalized spacial score (nSPS) is 3.20. The van der Waals surface area contributed by atoms with Gasteiger partial charge in [-0.05, 0) is 0 Å². The van der Waals surface area contributed by atoms with E-state index in [1.807, 2.05) is 0 Å². The average Bonchev–Trinajstić information content (AvgIpc) is 1.37. The molecule has 0 spiro atoms. The highest BCUT2D eigenvalue weighted by molar-refractivity contribution is 6.16. The molecule has 0 aromatic rings. The minimum absolute atomic E-state index is 0. The molecular formula is C3H5BO. The lowest BCUT2D eigenvalue weighted by atomic mass is 10.2. The van der Waals surface area contributed by atoms with Crippen LogP contribution in [-0.2, 0) is 0 Å². The lowest BCUT2D eigenvalue weighted by Crippen LogP contribution is -1.33. The molecule has 0 rings (SSSR count). The summed E-state index contributed by atoms with van der Waals surface area (Å²) in [6.45, 7) is 3.17. The predicted molar refractivity (Wildman–Crippen MR) is 23.1 cm³/mol. The molecule has 0 aromatic heterocycles. The second-order valence-corrected chi connectivity index (χ2v) is 0.371. The number of rotatable bonds is 0. The van der Waals surface area contributed by atoms with Crippen LogP contribution in [0.15, 0.2) is 18.3 Å². The maximum absolute atomic E-state index is 4.73. The van der Waals surface area contributed by atoms with Crippen LogP contribution in [0.5, 0.6) is 0 Å². The highest BCUT2D eigenvalue weighted by Crippen LogP contribution is 1.36. The van der Waals surface area contributed by atoms with Gasteiger partial charge < -0.3 is 5.48 Å². The van der Waals surface area contributed by atoms with E-state index >= 15 is 0 Å². The Hall–Kier alpha value is -0.455. The standard InChI is InChI=1S/C3H3B.H2O/c1-2-3-4;/h3H,1H2;1H2. The Morgan fingerprint density at radius 1 is 1.80 bits per heavy atom. The van der Waals surface area contributed by atoms with Crippen LogP contribution in [0, 0.1) is 0 Å². The van der Waals surface area contributed by atoms with Crippen molar-refractivity contribution in [1.82, 2.24) is 0 Å². The fourth-order valence-corrected chi connectivity index (χ4v) is 0. The molecule has 0 unspecified atom stereocenters. The van der Waals surface area contributed by atoms with Crippen molar-refractivity contribution < 1.29 is 5.48 Å². The zero-order valence-electron chi connectivity index (χ0n) is 2.86. The van der Waals surface area contributed by atoms with Gasteiger partial charge in [0.15, 0.2) is 0 Å². The van der Waals surface area contributed by atoms with E-state index in [2.05, 4.69) is 12.3 Å². The summed E-state index contributed by atoms with van der Waals surface area (Å²) in [4.78, 5) is 0. The average molecular weight is 67.9 g/mol.